The van der Waals surface area contributed by atoms with Crippen molar-refractivity contribution in [2.45, 2.75) is 20.8 Å². The van der Waals surface area contributed by atoms with E-state index in [2.05, 4.69) is 10.6 Å². The molecule has 2 N–H and O–H groups in total. The molecule has 1 aromatic rings. The van der Waals surface area contributed by atoms with Crippen LogP contribution in [0.25, 0.3) is 0 Å². The molecule has 6 heteroatoms. The molecule has 0 spiro atoms. The average molecular weight is 304 g/mol. The molecule has 0 aliphatic rings. The summed E-state index contributed by atoms with van der Waals surface area (Å²) in [6.45, 7) is 4.87. The molecule has 0 heterocycles. The largest absolute Gasteiger partial charge is 0.345 e. The Morgan fingerprint density at radius 3 is 1.64 bits per heavy atom. The molecule has 0 saturated heterocycles. The molecule has 0 saturated carbocycles. The fourth-order valence-corrected chi connectivity index (χ4v) is 1.55. The van der Waals surface area contributed by atoms with Crippen LogP contribution in [0.3, 0.4) is 0 Å². The van der Waals surface area contributed by atoms with Crippen molar-refractivity contribution < 1.29 is 19.2 Å². The molecule has 0 bridgehead atoms. The third kappa shape index (κ3) is 5.47. The molecule has 0 aromatic heterocycles. The highest BCUT2D eigenvalue weighted by Gasteiger charge is 2.12. The Morgan fingerprint density at radius 2 is 1.27 bits per heavy atom. The molecule has 0 unspecified atom stereocenters. The van der Waals surface area contributed by atoms with Crippen molar-refractivity contribution >= 4 is 23.4 Å². The lowest BCUT2D eigenvalue weighted by Gasteiger charge is -2.07. The first kappa shape index (κ1) is 17.6. The summed E-state index contributed by atoms with van der Waals surface area (Å²) in [5.41, 5.74) is 0.718. The van der Waals surface area contributed by atoms with Gasteiger partial charge in [0.05, 0.1) is 13.1 Å². The number of rotatable bonds is 7. The fraction of sp³-hybridized carbons (Fsp3) is 0.375. The van der Waals surface area contributed by atoms with E-state index in [0.29, 0.717) is 11.1 Å². The molecule has 0 aliphatic heterocycles. The zero-order valence-electron chi connectivity index (χ0n) is 12.9. The van der Waals surface area contributed by atoms with Crippen LogP contribution in [0.2, 0.25) is 0 Å². The molecular weight excluding hydrogens is 284 g/mol. The molecule has 22 heavy (non-hydrogen) atoms. The fourth-order valence-electron chi connectivity index (χ4n) is 1.55. The highest BCUT2D eigenvalue weighted by atomic mass is 16.2. The van der Waals surface area contributed by atoms with Crippen LogP contribution >= 0.6 is 0 Å². The monoisotopic (exact) mass is 304 g/mol. The van der Waals surface area contributed by atoms with Crippen LogP contribution in [-0.2, 0) is 9.59 Å². The van der Waals surface area contributed by atoms with Crippen molar-refractivity contribution in [3.05, 3.63) is 35.4 Å². The van der Waals surface area contributed by atoms with Crippen molar-refractivity contribution in [2.24, 2.45) is 5.92 Å². The van der Waals surface area contributed by atoms with Crippen LogP contribution in [0, 0.1) is 5.92 Å². The van der Waals surface area contributed by atoms with Gasteiger partial charge in [0.25, 0.3) is 11.8 Å². The van der Waals surface area contributed by atoms with Crippen molar-refractivity contribution in [1.82, 2.24) is 10.6 Å². The van der Waals surface area contributed by atoms with Gasteiger partial charge in [-0.25, -0.2) is 0 Å². The normalized spacial score (nSPS) is 10.2. The van der Waals surface area contributed by atoms with Gasteiger partial charge < -0.3 is 10.6 Å². The Bertz CT molecular complexity index is 576. The second-order valence-electron chi connectivity index (χ2n) is 5.27. The molecule has 0 aliphatic carbocycles. The first-order valence-corrected chi connectivity index (χ1v) is 7.00. The van der Waals surface area contributed by atoms with Crippen molar-refractivity contribution in [3.63, 3.8) is 0 Å². The first-order valence-electron chi connectivity index (χ1n) is 7.00. The van der Waals surface area contributed by atoms with Crippen LogP contribution in [0.1, 0.15) is 41.5 Å². The number of hydrogen-bond donors (Lipinski definition) is 2. The second kappa shape index (κ2) is 8.07. The van der Waals surface area contributed by atoms with E-state index in [0.717, 1.165) is 0 Å². The van der Waals surface area contributed by atoms with E-state index in [1.807, 2.05) is 0 Å². The Kier molecular flexibility index (Phi) is 6.44. The molecule has 118 valence electrons. The van der Waals surface area contributed by atoms with Gasteiger partial charge in [0.15, 0.2) is 5.78 Å². The number of carbonyl (C=O) groups excluding carboxylic acids is 4. The molecule has 0 atom stereocenters. The molecule has 1 aromatic carbocycles. The smallest absolute Gasteiger partial charge is 0.251 e. The van der Waals surface area contributed by atoms with Crippen LogP contribution in [0.15, 0.2) is 24.3 Å². The molecule has 2 amide bonds. The summed E-state index contributed by atoms with van der Waals surface area (Å²) in [5, 5.41) is 5.00. The van der Waals surface area contributed by atoms with Crippen molar-refractivity contribution in [1.29, 1.82) is 0 Å². The van der Waals surface area contributed by atoms with E-state index >= 15 is 0 Å². The Morgan fingerprint density at radius 1 is 0.864 bits per heavy atom. The zero-order chi connectivity index (χ0) is 16.7. The number of carbonyl (C=O) groups is 4. The van der Waals surface area contributed by atoms with Gasteiger partial charge in [0.1, 0.15) is 5.78 Å². The number of Topliss-reactive ketones (excluding diaryl/α,β-unsaturated/α-hetero) is 2. The minimum Gasteiger partial charge on any atom is -0.345 e. The third-order valence-corrected chi connectivity index (χ3v) is 2.97. The van der Waals surface area contributed by atoms with E-state index < -0.39 is 0 Å². The quantitative estimate of drug-likeness (QED) is 0.785. The van der Waals surface area contributed by atoms with Crippen LogP contribution in [0.4, 0.5) is 0 Å². The van der Waals surface area contributed by atoms with Crippen LogP contribution in [-0.4, -0.2) is 36.5 Å². The lowest BCUT2D eigenvalue weighted by Crippen LogP contribution is -2.31. The number of amides is 2. The number of nitrogens with one attached hydrogen (secondary N) is 2. The molecule has 0 fully saturated rings. The maximum Gasteiger partial charge on any atom is 0.251 e. The van der Waals surface area contributed by atoms with E-state index in [-0.39, 0.29) is 42.4 Å². The summed E-state index contributed by atoms with van der Waals surface area (Å²) in [4.78, 5) is 45.8. The second-order valence-corrected chi connectivity index (χ2v) is 5.27. The van der Waals surface area contributed by atoms with E-state index in [4.69, 9.17) is 0 Å². The van der Waals surface area contributed by atoms with Gasteiger partial charge in [0.2, 0.25) is 0 Å². The lowest BCUT2D eigenvalue weighted by atomic mass is 10.1. The maximum atomic E-state index is 11.9. The summed E-state index contributed by atoms with van der Waals surface area (Å²) in [7, 11) is 0. The zero-order valence-corrected chi connectivity index (χ0v) is 12.9. The molecule has 6 nitrogen and oxygen atoms in total. The summed E-state index contributed by atoms with van der Waals surface area (Å²) in [5.74, 6) is -1.07. The van der Waals surface area contributed by atoms with Crippen LogP contribution < -0.4 is 10.6 Å². The summed E-state index contributed by atoms with van der Waals surface area (Å²) < 4.78 is 0. The molecular formula is C16H20N2O4. The summed E-state index contributed by atoms with van der Waals surface area (Å²) in [6, 6.07) is 5.99. The number of benzene rings is 1. The third-order valence-electron chi connectivity index (χ3n) is 2.97. The van der Waals surface area contributed by atoms with Gasteiger partial charge in [-0.3, -0.25) is 19.2 Å². The van der Waals surface area contributed by atoms with Gasteiger partial charge in [-0.1, -0.05) is 13.8 Å². The van der Waals surface area contributed by atoms with Crippen molar-refractivity contribution in [2.75, 3.05) is 13.1 Å². The predicted molar refractivity (Wildman–Crippen MR) is 81.6 cm³/mol. The van der Waals surface area contributed by atoms with Crippen molar-refractivity contribution in [3.8, 4) is 0 Å². The molecule has 1 rings (SSSR count). The van der Waals surface area contributed by atoms with Gasteiger partial charge >= 0.3 is 0 Å². The lowest BCUT2D eigenvalue weighted by molar-refractivity contribution is -0.121. The Labute approximate surface area is 129 Å². The van der Waals surface area contributed by atoms with Gasteiger partial charge in [0, 0.05) is 17.0 Å². The minimum atomic E-state index is -0.378. The highest BCUT2D eigenvalue weighted by Crippen LogP contribution is 2.05. The average Bonchev–Trinajstić information content (AvgIpc) is 2.49. The number of ketones is 2. The highest BCUT2D eigenvalue weighted by molar-refractivity contribution is 5.99. The van der Waals surface area contributed by atoms with E-state index in [1.54, 1.807) is 13.8 Å². The Hall–Kier alpha value is -2.50. The summed E-state index contributed by atoms with van der Waals surface area (Å²) in [6.07, 6.45) is 0. The van der Waals surface area contributed by atoms with Crippen LogP contribution in [0.5, 0.6) is 0 Å². The first-order chi connectivity index (χ1) is 10.3. The standard InChI is InChI=1S/C16H20N2O4/c1-10(2)14(20)9-18-16(22)13-6-4-12(5-7-13)15(21)17-8-11(3)19/h4-7,10H,8-9H2,1-3H3,(H,17,21)(H,18,22). The molecule has 0 radical (unpaired) electrons. The number of hydrogen-bond acceptors (Lipinski definition) is 4. The van der Waals surface area contributed by atoms with Gasteiger partial charge in [-0.05, 0) is 31.2 Å². The Balaban J connectivity index is 2.60. The van der Waals surface area contributed by atoms with Gasteiger partial charge in [-0.15, -0.1) is 0 Å². The minimum absolute atomic E-state index is 0.0165. The SMILES string of the molecule is CC(=O)CNC(=O)c1ccc(C(=O)NCC(=O)C(C)C)cc1. The van der Waals surface area contributed by atoms with E-state index in [9.17, 15) is 19.2 Å². The topological polar surface area (TPSA) is 92.3 Å². The predicted octanol–water partition coefficient (Wildman–Crippen LogP) is 0.960. The van der Waals surface area contributed by atoms with E-state index in [1.165, 1.54) is 31.2 Å². The summed E-state index contributed by atoms with van der Waals surface area (Å²) >= 11 is 0. The maximum absolute atomic E-state index is 11.9. The van der Waals surface area contributed by atoms with Gasteiger partial charge in [-0.2, -0.15) is 0 Å².